The number of halogens is 6. The Balaban J connectivity index is 0.000000467. The number of quaternary nitrogens is 1. The first-order valence-corrected chi connectivity index (χ1v) is 7.42. The van der Waals surface area contributed by atoms with Crippen molar-refractivity contribution in [2.24, 2.45) is 0 Å². The highest BCUT2D eigenvalue weighted by molar-refractivity contribution is 5.97. The number of carbonyl (C=O) groups excluding carboxylic acids is 2. The summed E-state index contributed by atoms with van der Waals surface area (Å²) in [5.41, 5.74) is 4.43. The number of aliphatic carboxylic acids is 1. The minimum absolute atomic E-state index is 0.366. The molecule has 0 aliphatic carbocycles. The van der Waals surface area contributed by atoms with Gasteiger partial charge in [0.2, 0.25) is 0 Å². The number of benzene rings is 2. The molecule has 0 saturated heterocycles. The quantitative estimate of drug-likeness (QED) is 0.739. The Bertz CT molecular complexity index is 801. The van der Waals surface area contributed by atoms with Crippen LogP contribution in [0.3, 0.4) is 0 Å². The van der Waals surface area contributed by atoms with E-state index in [0.717, 1.165) is 17.8 Å². The molecule has 0 atom stereocenters. The number of hydrogen-bond donors (Lipinski definition) is 2. The molecule has 0 saturated carbocycles. The molecule has 0 heterocycles. The first kappa shape index (κ1) is 23.0. The van der Waals surface area contributed by atoms with E-state index in [9.17, 15) is 41.0 Å². The van der Waals surface area contributed by atoms with Crippen molar-refractivity contribution >= 4 is 23.3 Å². The van der Waals surface area contributed by atoms with Crippen molar-refractivity contribution in [3.05, 3.63) is 60.7 Å². The maximum Gasteiger partial charge on any atom is 0.393 e. The first-order valence-electron chi connectivity index (χ1n) is 7.42. The van der Waals surface area contributed by atoms with Crippen molar-refractivity contribution in [2.75, 3.05) is 5.32 Å². The number of carbonyl (C=O) groups is 2. The third-order valence-electron chi connectivity index (χ3n) is 3.20. The second kappa shape index (κ2) is 8.74. The number of para-hydroxylation sites is 1. The van der Waals surface area contributed by atoms with E-state index < -0.39 is 29.6 Å². The molecule has 5 nitrogen and oxygen atoms in total. The van der Waals surface area contributed by atoms with Gasteiger partial charge in [-0.15, -0.1) is 0 Å². The van der Waals surface area contributed by atoms with Crippen LogP contribution in [-0.2, 0) is 9.59 Å². The Labute approximate surface area is 154 Å². The van der Waals surface area contributed by atoms with Crippen LogP contribution in [0, 0.1) is 0 Å². The molecule has 0 radical (unpaired) electrons. The number of carboxylic acid groups (broad SMARTS) is 1. The van der Waals surface area contributed by atoms with Gasteiger partial charge in [0.05, 0.1) is 0 Å². The summed E-state index contributed by atoms with van der Waals surface area (Å²) < 4.78 is 77.7. The number of carboxylic acids is 1. The van der Waals surface area contributed by atoms with Gasteiger partial charge in [-0.2, -0.15) is 26.3 Å². The summed E-state index contributed by atoms with van der Waals surface area (Å²) in [4.78, 5) is 21.0. The maximum atomic E-state index is 13.2. The highest BCUT2D eigenvalue weighted by Crippen LogP contribution is 2.45. The lowest BCUT2D eigenvalue weighted by molar-refractivity contribution is -0.364. The van der Waals surface area contributed by atoms with E-state index in [-0.39, 0.29) is 5.69 Å². The molecule has 0 bridgehead atoms. The van der Waals surface area contributed by atoms with Crippen molar-refractivity contribution in [3.8, 4) is 0 Å². The topological polar surface area (TPSA) is 96.9 Å². The van der Waals surface area contributed by atoms with Crippen LogP contribution in [0.25, 0.3) is 0 Å². The van der Waals surface area contributed by atoms with Gasteiger partial charge in [-0.1, -0.05) is 36.4 Å². The van der Waals surface area contributed by atoms with E-state index in [1.807, 2.05) is 30.3 Å². The van der Waals surface area contributed by atoms with E-state index >= 15 is 0 Å². The van der Waals surface area contributed by atoms with Crippen LogP contribution >= 0.6 is 0 Å². The van der Waals surface area contributed by atoms with Gasteiger partial charge in [-0.05, 0) is 24.3 Å². The van der Waals surface area contributed by atoms with Crippen LogP contribution in [0.1, 0.15) is 0 Å². The molecule has 0 aromatic heterocycles. The third-order valence-corrected chi connectivity index (χ3v) is 3.20. The Morgan fingerprint density at radius 1 is 0.786 bits per heavy atom. The van der Waals surface area contributed by atoms with Gasteiger partial charge in [-0.25, -0.2) is 0 Å². The van der Waals surface area contributed by atoms with Crippen LogP contribution in [-0.4, -0.2) is 29.6 Å². The highest BCUT2D eigenvalue weighted by Gasteiger charge is 2.75. The molecule has 152 valence electrons. The van der Waals surface area contributed by atoms with E-state index in [2.05, 4.69) is 5.73 Å². The predicted octanol–water partition coefficient (Wildman–Crippen LogP) is 1.84. The Hall–Kier alpha value is -3.08. The van der Waals surface area contributed by atoms with Crippen molar-refractivity contribution in [1.82, 2.24) is 0 Å². The summed E-state index contributed by atoms with van der Waals surface area (Å²) >= 11 is 0. The fourth-order valence-electron chi connectivity index (χ4n) is 1.68. The zero-order valence-electron chi connectivity index (χ0n) is 14.0. The van der Waals surface area contributed by atoms with E-state index in [4.69, 9.17) is 0 Å². The monoisotopic (exact) mass is 408 g/mol. The summed E-state index contributed by atoms with van der Waals surface area (Å²) in [6.45, 7) is 0. The fraction of sp³-hybridized carbons (Fsp3) is 0.176. The van der Waals surface area contributed by atoms with Crippen LogP contribution in [0.2, 0.25) is 0 Å². The molecule has 2 aromatic rings. The van der Waals surface area contributed by atoms with Gasteiger partial charge in [0.15, 0.2) is 0 Å². The standard InChI is InChI=1S/C11H7F6NO3.C6H7N/c12-9(13,11(16,17)10(14,15)8(20)21)7(19)18-6-4-2-1-3-5-6;7-6-4-2-1-3-5-6/h1-5H,(H,18,19)(H,20,21);1-5H,7H2. The molecule has 2 aromatic carbocycles. The van der Waals surface area contributed by atoms with E-state index in [1.165, 1.54) is 23.5 Å². The molecule has 2 rings (SSSR count). The van der Waals surface area contributed by atoms with Crippen molar-refractivity contribution < 1.29 is 46.8 Å². The minimum Gasteiger partial charge on any atom is -0.544 e. The lowest BCUT2D eigenvalue weighted by Gasteiger charge is -2.32. The van der Waals surface area contributed by atoms with Crippen molar-refractivity contribution in [1.29, 1.82) is 0 Å². The number of hydrogen-bond acceptors (Lipinski definition) is 3. The molecule has 4 N–H and O–H groups in total. The second-order valence-corrected chi connectivity index (χ2v) is 5.32. The number of amides is 1. The lowest BCUT2D eigenvalue weighted by Crippen LogP contribution is -2.64. The van der Waals surface area contributed by atoms with Crippen LogP contribution in [0.15, 0.2) is 60.7 Å². The van der Waals surface area contributed by atoms with Gasteiger partial charge in [0.25, 0.3) is 0 Å². The Kier molecular flexibility index (Phi) is 7.17. The Morgan fingerprint density at radius 3 is 1.57 bits per heavy atom. The summed E-state index contributed by atoms with van der Waals surface area (Å²) in [7, 11) is 0. The average molecular weight is 408 g/mol. The van der Waals surface area contributed by atoms with E-state index in [0.29, 0.717) is 0 Å². The number of nitrogens with one attached hydrogen (secondary N) is 1. The summed E-state index contributed by atoms with van der Waals surface area (Å²) in [6.07, 6.45) is 0. The molecular weight excluding hydrogens is 394 g/mol. The molecule has 0 spiro atoms. The summed E-state index contributed by atoms with van der Waals surface area (Å²) in [6, 6.07) is 15.8. The zero-order chi connectivity index (χ0) is 21.6. The SMILES string of the molecule is O=C([O-])C(F)(F)C(F)(F)C(F)(F)C(=O)Nc1ccccc1.[NH3+]c1ccccc1. The van der Waals surface area contributed by atoms with Crippen molar-refractivity contribution in [3.63, 3.8) is 0 Å². The first-order chi connectivity index (χ1) is 12.8. The fourth-order valence-corrected chi connectivity index (χ4v) is 1.68. The molecule has 28 heavy (non-hydrogen) atoms. The smallest absolute Gasteiger partial charge is 0.393 e. The third kappa shape index (κ3) is 5.00. The predicted molar refractivity (Wildman–Crippen MR) is 83.9 cm³/mol. The molecule has 0 unspecified atom stereocenters. The lowest BCUT2D eigenvalue weighted by atomic mass is 10.0. The largest absolute Gasteiger partial charge is 0.544 e. The molecule has 1 amide bonds. The van der Waals surface area contributed by atoms with Crippen LogP contribution < -0.4 is 16.2 Å². The summed E-state index contributed by atoms with van der Waals surface area (Å²) in [5.74, 6) is -25.2. The second-order valence-electron chi connectivity index (χ2n) is 5.32. The maximum absolute atomic E-state index is 13.2. The average Bonchev–Trinajstić information content (AvgIpc) is 2.63. The molecule has 11 heteroatoms. The highest BCUT2D eigenvalue weighted by atomic mass is 19.3. The van der Waals surface area contributed by atoms with Crippen LogP contribution in [0.5, 0.6) is 0 Å². The normalized spacial score (nSPS) is 11.8. The minimum atomic E-state index is -6.47. The molecular formula is C17H14F6N2O3. The number of rotatable bonds is 5. The summed E-state index contributed by atoms with van der Waals surface area (Å²) in [5, 5.41) is 11.2. The molecule has 0 aliphatic heterocycles. The van der Waals surface area contributed by atoms with Crippen LogP contribution in [0.4, 0.5) is 37.7 Å². The molecule has 0 aliphatic rings. The van der Waals surface area contributed by atoms with Gasteiger partial charge < -0.3 is 21.0 Å². The van der Waals surface area contributed by atoms with Gasteiger partial charge in [0.1, 0.15) is 11.7 Å². The Morgan fingerprint density at radius 2 is 1.21 bits per heavy atom. The van der Waals surface area contributed by atoms with Crippen molar-refractivity contribution in [2.45, 2.75) is 17.8 Å². The number of alkyl halides is 6. The zero-order valence-corrected chi connectivity index (χ0v) is 14.0. The van der Waals surface area contributed by atoms with Gasteiger partial charge in [-0.3, -0.25) is 4.79 Å². The van der Waals surface area contributed by atoms with E-state index in [1.54, 1.807) is 0 Å². The van der Waals surface area contributed by atoms with Gasteiger partial charge in [0, 0.05) is 5.69 Å². The number of anilines is 1. The van der Waals surface area contributed by atoms with Gasteiger partial charge >= 0.3 is 23.7 Å². The molecule has 0 fully saturated rings.